The largest absolute Gasteiger partial charge is 0.401 e. The average Bonchev–Trinajstić information content (AvgIpc) is 2.01. The summed E-state index contributed by atoms with van der Waals surface area (Å²) in [5.41, 5.74) is 0.738. The minimum absolute atomic E-state index is 0.167. The lowest BCUT2D eigenvalue weighted by Crippen LogP contribution is -2.28. The summed E-state index contributed by atoms with van der Waals surface area (Å²) in [7, 11) is 0. The lowest BCUT2D eigenvalue weighted by Gasteiger charge is -2.08. The zero-order valence-corrected chi connectivity index (χ0v) is 7.99. The molecule has 0 amide bonds. The monoisotopic (exact) mass is 223 g/mol. The van der Waals surface area contributed by atoms with Crippen LogP contribution in [0.3, 0.4) is 0 Å². The summed E-state index contributed by atoms with van der Waals surface area (Å²) in [5.74, 6) is 0. The first-order valence-electron chi connectivity index (χ1n) is 3.99. The van der Waals surface area contributed by atoms with E-state index in [-0.39, 0.29) is 6.54 Å². The Morgan fingerprint density at radius 3 is 2.57 bits per heavy atom. The van der Waals surface area contributed by atoms with Crippen molar-refractivity contribution in [1.29, 1.82) is 0 Å². The van der Waals surface area contributed by atoms with Gasteiger partial charge in [0.1, 0.15) is 0 Å². The molecule has 1 aromatic carbocycles. The van der Waals surface area contributed by atoms with Gasteiger partial charge in [0, 0.05) is 11.6 Å². The Bertz CT molecular complexity index is 298. The zero-order valence-electron chi connectivity index (χ0n) is 7.24. The molecule has 0 aliphatic rings. The van der Waals surface area contributed by atoms with Crippen molar-refractivity contribution >= 4 is 11.6 Å². The van der Waals surface area contributed by atoms with Crippen LogP contribution in [0.15, 0.2) is 24.3 Å². The van der Waals surface area contributed by atoms with Crippen molar-refractivity contribution in [1.82, 2.24) is 5.32 Å². The molecule has 78 valence electrons. The number of alkyl halides is 3. The smallest absolute Gasteiger partial charge is 0.305 e. The highest BCUT2D eigenvalue weighted by Crippen LogP contribution is 2.13. The van der Waals surface area contributed by atoms with E-state index >= 15 is 0 Å². The third-order valence-electron chi connectivity index (χ3n) is 1.54. The van der Waals surface area contributed by atoms with Gasteiger partial charge < -0.3 is 5.32 Å². The molecule has 0 bridgehead atoms. The first-order valence-corrected chi connectivity index (χ1v) is 4.37. The van der Waals surface area contributed by atoms with Crippen LogP contribution in [0.1, 0.15) is 5.56 Å². The Labute approximate surface area is 84.9 Å². The number of benzene rings is 1. The van der Waals surface area contributed by atoms with Crippen molar-refractivity contribution in [2.75, 3.05) is 6.54 Å². The number of nitrogens with one attached hydrogen (secondary N) is 1. The van der Waals surface area contributed by atoms with Gasteiger partial charge in [-0.2, -0.15) is 13.2 Å². The Morgan fingerprint density at radius 1 is 1.29 bits per heavy atom. The molecule has 5 heteroatoms. The van der Waals surface area contributed by atoms with Crippen LogP contribution in [0.2, 0.25) is 5.02 Å². The van der Waals surface area contributed by atoms with E-state index in [4.69, 9.17) is 11.6 Å². The molecule has 14 heavy (non-hydrogen) atoms. The molecule has 0 unspecified atom stereocenters. The Morgan fingerprint density at radius 2 is 2.00 bits per heavy atom. The van der Waals surface area contributed by atoms with Crippen molar-refractivity contribution < 1.29 is 13.2 Å². The van der Waals surface area contributed by atoms with Gasteiger partial charge in [0.25, 0.3) is 0 Å². The molecule has 0 aliphatic heterocycles. The third kappa shape index (κ3) is 4.48. The number of hydrogen-bond acceptors (Lipinski definition) is 1. The van der Waals surface area contributed by atoms with Crippen LogP contribution < -0.4 is 5.32 Å². The van der Waals surface area contributed by atoms with Crippen molar-refractivity contribution in [2.45, 2.75) is 12.7 Å². The fourth-order valence-electron chi connectivity index (χ4n) is 0.996. The highest BCUT2D eigenvalue weighted by atomic mass is 35.5. The SMILES string of the molecule is FC(F)(F)CNCc1cccc(Cl)c1. The van der Waals surface area contributed by atoms with E-state index in [1.165, 1.54) is 0 Å². The average molecular weight is 224 g/mol. The van der Waals surface area contributed by atoms with Crippen LogP contribution in [-0.2, 0) is 6.54 Å². The highest BCUT2D eigenvalue weighted by Gasteiger charge is 2.25. The molecule has 0 fully saturated rings. The summed E-state index contributed by atoms with van der Waals surface area (Å²) in [6.45, 7) is -0.820. The fourth-order valence-corrected chi connectivity index (χ4v) is 1.21. The van der Waals surface area contributed by atoms with Crippen molar-refractivity contribution in [3.63, 3.8) is 0 Å². The van der Waals surface area contributed by atoms with Crippen LogP contribution >= 0.6 is 11.6 Å². The molecule has 0 aliphatic carbocycles. The molecule has 0 saturated carbocycles. The van der Waals surface area contributed by atoms with Gasteiger partial charge in [-0.15, -0.1) is 0 Å². The predicted octanol–water partition coefficient (Wildman–Crippen LogP) is 2.99. The van der Waals surface area contributed by atoms with Crippen molar-refractivity contribution in [3.05, 3.63) is 34.9 Å². The third-order valence-corrected chi connectivity index (χ3v) is 1.78. The predicted molar refractivity (Wildman–Crippen MR) is 49.2 cm³/mol. The maximum Gasteiger partial charge on any atom is 0.401 e. The molecule has 0 spiro atoms. The van der Waals surface area contributed by atoms with E-state index in [1.807, 2.05) is 0 Å². The fraction of sp³-hybridized carbons (Fsp3) is 0.333. The van der Waals surface area contributed by atoms with Crippen molar-refractivity contribution in [2.24, 2.45) is 0 Å². The number of hydrogen-bond donors (Lipinski definition) is 1. The first kappa shape index (κ1) is 11.3. The number of halogens is 4. The van der Waals surface area contributed by atoms with E-state index in [2.05, 4.69) is 5.32 Å². The van der Waals surface area contributed by atoms with Gasteiger partial charge in [-0.1, -0.05) is 23.7 Å². The molecule has 1 rings (SSSR count). The maximum absolute atomic E-state index is 11.7. The van der Waals surface area contributed by atoms with Gasteiger partial charge >= 0.3 is 6.18 Å². The van der Waals surface area contributed by atoms with Crippen molar-refractivity contribution in [3.8, 4) is 0 Å². The Hall–Kier alpha value is -0.740. The van der Waals surface area contributed by atoms with E-state index in [0.29, 0.717) is 5.02 Å². The van der Waals surface area contributed by atoms with E-state index < -0.39 is 12.7 Å². The van der Waals surface area contributed by atoms with Crippen LogP contribution in [0.5, 0.6) is 0 Å². The molecule has 1 N–H and O–H groups in total. The zero-order chi connectivity index (χ0) is 10.6. The Balaban J connectivity index is 2.39. The molecular weight excluding hydrogens is 215 g/mol. The molecule has 0 aromatic heterocycles. The quantitative estimate of drug-likeness (QED) is 0.831. The van der Waals surface area contributed by atoms with Gasteiger partial charge in [0.15, 0.2) is 0 Å². The molecule has 0 atom stereocenters. The van der Waals surface area contributed by atoms with E-state index in [1.54, 1.807) is 24.3 Å². The summed E-state index contributed by atoms with van der Waals surface area (Å²) in [5, 5.41) is 2.81. The summed E-state index contributed by atoms with van der Waals surface area (Å²) >= 11 is 5.66. The molecule has 1 aromatic rings. The minimum atomic E-state index is -4.17. The summed E-state index contributed by atoms with van der Waals surface area (Å²) in [6.07, 6.45) is -4.17. The summed E-state index contributed by atoms with van der Waals surface area (Å²) in [4.78, 5) is 0. The van der Waals surface area contributed by atoms with Gasteiger partial charge in [0.05, 0.1) is 6.54 Å². The van der Waals surface area contributed by atoms with Crippen LogP contribution in [-0.4, -0.2) is 12.7 Å². The Kier molecular flexibility index (Phi) is 3.77. The number of rotatable bonds is 3. The molecule has 0 heterocycles. The normalized spacial score (nSPS) is 11.7. The van der Waals surface area contributed by atoms with Gasteiger partial charge in [0.2, 0.25) is 0 Å². The van der Waals surface area contributed by atoms with Crippen LogP contribution in [0.25, 0.3) is 0 Å². The first-order chi connectivity index (χ1) is 6.47. The standard InChI is InChI=1S/C9H9ClF3N/c10-8-3-1-2-7(4-8)5-14-6-9(11,12)13/h1-4,14H,5-6H2. The maximum atomic E-state index is 11.7. The second kappa shape index (κ2) is 4.66. The van der Waals surface area contributed by atoms with E-state index in [0.717, 1.165) is 5.56 Å². The van der Waals surface area contributed by atoms with Crippen LogP contribution in [0.4, 0.5) is 13.2 Å². The van der Waals surface area contributed by atoms with Crippen LogP contribution in [0, 0.1) is 0 Å². The summed E-state index contributed by atoms with van der Waals surface area (Å²) in [6, 6.07) is 6.72. The van der Waals surface area contributed by atoms with Gasteiger partial charge in [-0.3, -0.25) is 0 Å². The van der Waals surface area contributed by atoms with E-state index in [9.17, 15) is 13.2 Å². The lowest BCUT2D eigenvalue weighted by atomic mass is 10.2. The topological polar surface area (TPSA) is 12.0 Å². The lowest BCUT2D eigenvalue weighted by molar-refractivity contribution is -0.125. The molecular formula is C9H9ClF3N. The minimum Gasteiger partial charge on any atom is -0.305 e. The second-order valence-corrected chi connectivity index (χ2v) is 3.29. The highest BCUT2D eigenvalue weighted by molar-refractivity contribution is 6.30. The molecule has 0 saturated heterocycles. The molecule has 0 radical (unpaired) electrons. The summed E-state index contributed by atoms with van der Waals surface area (Å²) < 4.78 is 35.2. The molecule has 1 nitrogen and oxygen atoms in total. The van der Waals surface area contributed by atoms with Gasteiger partial charge in [-0.05, 0) is 17.7 Å². The second-order valence-electron chi connectivity index (χ2n) is 2.85. The van der Waals surface area contributed by atoms with Gasteiger partial charge in [-0.25, -0.2) is 0 Å².